The van der Waals surface area contributed by atoms with E-state index >= 15 is 0 Å². The highest BCUT2D eigenvalue weighted by atomic mass is 16.6. The summed E-state index contributed by atoms with van der Waals surface area (Å²) in [4.78, 5) is 23.0. The Morgan fingerprint density at radius 1 is 0.955 bits per heavy atom. The first-order valence-electron chi connectivity index (χ1n) is 6.39. The van der Waals surface area contributed by atoms with Crippen molar-refractivity contribution in [3.05, 3.63) is 55.6 Å². The van der Waals surface area contributed by atoms with Crippen LogP contribution in [0, 0.1) is 0 Å². The highest BCUT2D eigenvalue weighted by Gasteiger charge is 2.17. The minimum atomic E-state index is -0.612. The molecule has 2 rings (SSSR count). The molecule has 5 heteroatoms. The zero-order chi connectivity index (χ0) is 16.1. The van der Waals surface area contributed by atoms with E-state index in [-0.39, 0.29) is 17.2 Å². The molecular weight excluding hydrogens is 284 g/mol. The SMILES string of the molecule is C=CC(=O)Oc1cc(OC)c(OC(=O)C=C)c2ccccc12. The molecule has 0 aliphatic carbocycles. The Morgan fingerprint density at radius 3 is 2.14 bits per heavy atom. The van der Waals surface area contributed by atoms with Gasteiger partial charge >= 0.3 is 11.9 Å². The lowest BCUT2D eigenvalue weighted by Crippen LogP contribution is -2.07. The zero-order valence-corrected chi connectivity index (χ0v) is 12.0. The number of carbonyl (C=O) groups is 2. The van der Waals surface area contributed by atoms with Crippen LogP contribution in [0.1, 0.15) is 0 Å². The van der Waals surface area contributed by atoms with Crippen molar-refractivity contribution in [2.45, 2.75) is 0 Å². The molecule has 0 amide bonds. The van der Waals surface area contributed by atoms with Crippen molar-refractivity contribution < 1.29 is 23.8 Å². The molecule has 0 N–H and O–H groups in total. The Kier molecular flexibility index (Phi) is 4.58. The third-order valence-corrected chi connectivity index (χ3v) is 2.89. The van der Waals surface area contributed by atoms with Crippen molar-refractivity contribution >= 4 is 22.7 Å². The lowest BCUT2D eigenvalue weighted by molar-refractivity contribution is -0.130. The molecule has 0 radical (unpaired) electrons. The number of methoxy groups -OCH3 is 1. The molecule has 0 unspecified atom stereocenters. The maximum atomic E-state index is 11.5. The summed E-state index contributed by atoms with van der Waals surface area (Å²) < 4.78 is 15.7. The first-order chi connectivity index (χ1) is 10.6. The molecule has 0 heterocycles. The Hall–Kier alpha value is -3.08. The molecule has 2 aromatic rings. The topological polar surface area (TPSA) is 61.8 Å². The number of benzene rings is 2. The van der Waals surface area contributed by atoms with Crippen molar-refractivity contribution in [1.29, 1.82) is 0 Å². The zero-order valence-electron chi connectivity index (χ0n) is 12.0. The first kappa shape index (κ1) is 15.3. The summed E-state index contributed by atoms with van der Waals surface area (Å²) in [6.45, 7) is 6.73. The van der Waals surface area contributed by atoms with Gasteiger partial charge in [0.15, 0.2) is 11.5 Å². The van der Waals surface area contributed by atoms with E-state index in [1.807, 2.05) is 0 Å². The van der Waals surface area contributed by atoms with Gasteiger partial charge in [0.1, 0.15) is 5.75 Å². The van der Waals surface area contributed by atoms with E-state index in [1.54, 1.807) is 24.3 Å². The maximum absolute atomic E-state index is 11.5. The average molecular weight is 298 g/mol. The van der Waals surface area contributed by atoms with Gasteiger partial charge < -0.3 is 14.2 Å². The molecule has 0 saturated heterocycles. The first-order valence-corrected chi connectivity index (χ1v) is 6.39. The quantitative estimate of drug-likeness (QED) is 0.482. The molecule has 5 nitrogen and oxygen atoms in total. The second kappa shape index (κ2) is 6.58. The summed E-state index contributed by atoms with van der Waals surface area (Å²) in [5.74, 6) is -0.416. The lowest BCUT2D eigenvalue weighted by Gasteiger charge is -2.14. The third kappa shape index (κ3) is 2.98. The predicted octanol–water partition coefficient (Wildman–Crippen LogP) is 3.03. The Bertz CT molecular complexity index is 761. The fourth-order valence-corrected chi connectivity index (χ4v) is 1.92. The summed E-state index contributed by atoms with van der Waals surface area (Å²) in [6.07, 6.45) is 2.12. The number of fused-ring (bicyclic) bond motifs is 1. The summed E-state index contributed by atoms with van der Waals surface area (Å²) >= 11 is 0. The van der Waals surface area contributed by atoms with E-state index in [0.717, 1.165) is 12.2 Å². The summed E-state index contributed by atoms with van der Waals surface area (Å²) in [5.41, 5.74) is 0. The number of hydrogen-bond donors (Lipinski definition) is 0. The second-order valence-corrected chi connectivity index (χ2v) is 4.20. The van der Waals surface area contributed by atoms with Gasteiger partial charge in [-0.1, -0.05) is 37.4 Å². The molecule has 0 aromatic heterocycles. The molecule has 0 saturated carbocycles. The summed E-state index contributed by atoms with van der Waals surface area (Å²) in [6, 6.07) is 8.50. The van der Waals surface area contributed by atoms with Crippen molar-refractivity contribution in [3.63, 3.8) is 0 Å². The molecule has 0 bridgehead atoms. The lowest BCUT2D eigenvalue weighted by atomic mass is 10.1. The second-order valence-electron chi connectivity index (χ2n) is 4.20. The van der Waals surface area contributed by atoms with Crippen LogP contribution < -0.4 is 14.2 Å². The van der Waals surface area contributed by atoms with Crippen LogP contribution in [0.2, 0.25) is 0 Å². The minimum absolute atomic E-state index is 0.237. The van der Waals surface area contributed by atoms with E-state index in [9.17, 15) is 9.59 Å². The smallest absolute Gasteiger partial charge is 0.335 e. The molecule has 0 aliphatic heterocycles. The van der Waals surface area contributed by atoms with Crippen LogP contribution in [0.15, 0.2) is 55.6 Å². The van der Waals surface area contributed by atoms with E-state index in [4.69, 9.17) is 14.2 Å². The van der Waals surface area contributed by atoms with E-state index in [0.29, 0.717) is 10.8 Å². The fraction of sp³-hybridized carbons (Fsp3) is 0.0588. The minimum Gasteiger partial charge on any atom is -0.493 e. The highest BCUT2D eigenvalue weighted by molar-refractivity contribution is 5.99. The summed E-state index contributed by atoms with van der Waals surface area (Å²) in [7, 11) is 1.43. The van der Waals surface area contributed by atoms with Crippen LogP contribution >= 0.6 is 0 Å². The van der Waals surface area contributed by atoms with Crippen LogP contribution in [0.3, 0.4) is 0 Å². The summed E-state index contributed by atoms with van der Waals surface area (Å²) in [5, 5.41) is 1.18. The van der Waals surface area contributed by atoms with E-state index in [1.165, 1.54) is 13.2 Å². The van der Waals surface area contributed by atoms with Gasteiger partial charge in [-0.2, -0.15) is 0 Å². The van der Waals surface area contributed by atoms with Crippen LogP contribution in [0.4, 0.5) is 0 Å². The molecule has 22 heavy (non-hydrogen) atoms. The van der Waals surface area contributed by atoms with Gasteiger partial charge in [0.25, 0.3) is 0 Å². The molecule has 0 atom stereocenters. The van der Waals surface area contributed by atoms with Crippen molar-refractivity contribution in [3.8, 4) is 17.2 Å². The molecule has 112 valence electrons. The van der Waals surface area contributed by atoms with Crippen LogP contribution in [-0.2, 0) is 9.59 Å². The monoisotopic (exact) mass is 298 g/mol. The molecule has 0 aliphatic rings. The average Bonchev–Trinajstić information content (AvgIpc) is 2.56. The van der Waals surface area contributed by atoms with Crippen LogP contribution in [0.5, 0.6) is 17.2 Å². The molecule has 2 aromatic carbocycles. The van der Waals surface area contributed by atoms with Crippen molar-refractivity contribution in [1.82, 2.24) is 0 Å². The Balaban J connectivity index is 2.67. The van der Waals surface area contributed by atoms with Crippen molar-refractivity contribution in [2.24, 2.45) is 0 Å². The molecule has 0 fully saturated rings. The Morgan fingerprint density at radius 2 is 1.55 bits per heavy atom. The van der Waals surface area contributed by atoms with Gasteiger partial charge in [-0.05, 0) is 0 Å². The van der Waals surface area contributed by atoms with Gasteiger partial charge in [-0.15, -0.1) is 0 Å². The van der Waals surface area contributed by atoms with Gasteiger partial charge in [0.05, 0.1) is 7.11 Å². The maximum Gasteiger partial charge on any atom is 0.335 e. The molecule has 0 spiro atoms. The fourth-order valence-electron chi connectivity index (χ4n) is 1.92. The number of rotatable bonds is 5. The number of esters is 2. The van der Waals surface area contributed by atoms with E-state index in [2.05, 4.69) is 13.2 Å². The van der Waals surface area contributed by atoms with Crippen LogP contribution in [0.25, 0.3) is 10.8 Å². The number of carbonyl (C=O) groups excluding carboxylic acids is 2. The van der Waals surface area contributed by atoms with Crippen LogP contribution in [-0.4, -0.2) is 19.0 Å². The van der Waals surface area contributed by atoms with Crippen molar-refractivity contribution in [2.75, 3.05) is 7.11 Å². The van der Waals surface area contributed by atoms with Gasteiger partial charge in [-0.25, -0.2) is 9.59 Å². The highest BCUT2D eigenvalue weighted by Crippen LogP contribution is 2.41. The third-order valence-electron chi connectivity index (χ3n) is 2.89. The van der Waals surface area contributed by atoms with E-state index < -0.39 is 11.9 Å². The number of ether oxygens (including phenoxy) is 3. The van der Waals surface area contributed by atoms with Gasteiger partial charge in [-0.3, -0.25) is 0 Å². The normalized spacial score (nSPS) is 9.86. The van der Waals surface area contributed by atoms with Gasteiger partial charge in [0.2, 0.25) is 0 Å². The Labute approximate surface area is 127 Å². The standard InChI is InChI=1S/C17H14O5/c1-4-15(18)21-13-10-14(20-3)17(22-16(19)5-2)12-9-7-6-8-11(12)13/h4-10H,1-2H2,3H3. The number of hydrogen-bond acceptors (Lipinski definition) is 5. The molecular formula is C17H14O5. The van der Waals surface area contributed by atoms with Gasteiger partial charge in [0, 0.05) is 29.0 Å². The predicted molar refractivity (Wildman–Crippen MR) is 82.2 cm³/mol. The largest absolute Gasteiger partial charge is 0.493 e.